The van der Waals surface area contributed by atoms with Gasteiger partial charge in [-0.3, -0.25) is 4.52 Å². The number of aliphatic hydroxyl groups excluding tert-OH is 2. The van der Waals surface area contributed by atoms with Crippen LogP contribution in [0, 0.1) is 0 Å². The zero-order valence-electron chi connectivity index (χ0n) is 7.80. The van der Waals surface area contributed by atoms with Crippen LogP contribution in [0.5, 0.6) is 0 Å². The van der Waals surface area contributed by atoms with Crippen molar-refractivity contribution in [1.82, 2.24) is 0 Å². The highest BCUT2D eigenvalue weighted by Gasteiger charge is 2.43. The Balaban J connectivity index is 2.75. The van der Waals surface area contributed by atoms with Gasteiger partial charge in [-0.15, -0.1) is 0 Å². The number of phosphoric ester groups is 1. The summed E-state index contributed by atoms with van der Waals surface area (Å²) in [4.78, 5) is 17.1. The first-order valence-electron chi connectivity index (χ1n) is 4.33. The van der Waals surface area contributed by atoms with Crippen molar-refractivity contribution in [3.8, 4) is 0 Å². The zero-order chi connectivity index (χ0) is 11.8. The van der Waals surface area contributed by atoms with Crippen LogP contribution < -0.4 is 11.5 Å². The van der Waals surface area contributed by atoms with Gasteiger partial charge in [-0.05, 0) is 6.42 Å². The van der Waals surface area contributed by atoms with Gasteiger partial charge in [-0.2, -0.15) is 0 Å². The van der Waals surface area contributed by atoms with Gasteiger partial charge in [0.15, 0.2) is 0 Å². The molecular weight excluding hydrogens is 227 g/mol. The summed E-state index contributed by atoms with van der Waals surface area (Å²) in [6.07, 6.45) is -4.01. The molecule has 5 atom stereocenters. The van der Waals surface area contributed by atoms with Crippen molar-refractivity contribution in [3.63, 3.8) is 0 Å². The molecule has 5 unspecified atom stereocenters. The van der Waals surface area contributed by atoms with E-state index in [-0.39, 0.29) is 6.42 Å². The number of hydrogen-bond donors (Lipinski definition) is 6. The number of hydrogen-bond acceptors (Lipinski definition) is 6. The Morgan fingerprint density at radius 3 is 2.13 bits per heavy atom. The van der Waals surface area contributed by atoms with Gasteiger partial charge in [0.2, 0.25) is 0 Å². The van der Waals surface area contributed by atoms with Crippen LogP contribution in [0.3, 0.4) is 0 Å². The Kier molecular flexibility index (Phi) is 3.85. The van der Waals surface area contributed by atoms with Crippen LogP contribution in [0.1, 0.15) is 6.42 Å². The molecule has 1 aliphatic carbocycles. The van der Waals surface area contributed by atoms with Crippen molar-refractivity contribution in [3.05, 3.63) is 0 Å². The van der Waals surface area contributed by atoms with E-state index in [1.165, 1.54) is 0 Å². The van der Waals surface area contributed by atoms with Gasteiger partial charge >= 0.3 is 7.82 Å². The zero-order valence-corrected chi connectivity index (χ0v) is 8.70. The van der Waals surface area contributed by atoms with Gasteiger partial charge in [0.05, 0.1) is 6.10 Å². The summed E-state index contributed by atoms with van der Waals surface area (Å²) in [6, 6.07) is -1.56. The standard InChI is InChI=1S/C6H15N2O6P/c7-2-1-3(8)6(5(10)4(2)9)14-15(11,12)13/h2-6,9-10H,1,7-8H2,(H2,11,12,13). The maximum absolute atomic E-state index is 10.6. The number of nitrogens with two attached hydrogens (primary N) is 2. The monoisotopic (exact) mass is 242 g/mol. The molecule has 1 saturated carbocycles. The predicted octanol–water partition coefficient (Wildman–Crippen LogP) is -2.76. The van der Waals surface area contributed by atoms with Gasteiger partial charge in [0.1, 0.15) is 12.2 Å². The molecule has 0 heterocycles. The first-order valence-corrected chi connectivity index (χ1v) is 5.86. The molecule has 0 aromatic carbocycles. The molecule has 1 rings (SSSR count). The summed E-state index contributed by atoms with van der Waals surface area (Å²) in [6.45, 7) is 0. The summed E-state index contributed by atoms with van der Waals surface area (Å²) >= 11 is 0. The lowest BCUT2D eigenvalue weighted by atomic mass is 9.85. The Bertz CT molecular complexity index is 270. The molecule has 8 N–H and O–H groups in total. The fourth-order valence-corrected chi connectivity index (χ4v) is 2.19. The number of rotatable bonds is 2. The average Bonchev–Trinajstić information content (AvgIpc) is 2.07. The minimum Gasteiger partial charge on any atom is -0.389 e. The lowest BCUT2D eigenvalue weighted by Gasteiger charge is -2.39. The Hall–Kier alpha value is -0.0500. The Labute approximate surface area is 86.1 Å². The van der Waals surface area contributed by atoms with Crippen molar-refractivity contribution in [2.45, 2.75) is 36.8 Å². The maximum Gasteiger partial charge on any atom is 0.469 e. The summed E-state index contributed by atoms with van der Waals surface area (Å²) in [5.74, 6) is 0. The van der Waals surface area contributed by atoms with Gasteiger partial charge in [0.25, 0.3) is 0 Å². The predicted molar refractivity (Wildman–Crippen MR) is 49.5 cm³/mol. The molecule has 1 aliphatic rings. The Morgan fingerprint density at radius 1 is 1.13 bits per heavy atom. The number of aliphatic hydroxyl groups is 2. The van der Waals surface area contributed by atoms with Gasteiger partial charge in [-0.1, -0.05) is 0 Å². The normalized spacial score (nSPS) is 42.9. The van der Waals surface area contributed by atoms with Crippen molar-refractivity contribution in [1.29, 1.82) is 0 Å². The van der Waals surface area contributed by atoms with Crippen molar-refractivity contribution in [2.24, 2.45) is 11.5 Å². The highest BCUT2D eigenvalue weighted by molar-refractivity contribution is 7.46. The first kappa shape index (κ1) is 13.0. The van der Waals surface area contributed by atoms with Crippen LogP contribution >= 0.6 is 7.82 Å². The van der Waals surface area contributed by atoms with Crippen LogP contribution in [-0.2, 0) is 9.09 Å². The summed E-state index contributed by atoms with van der Waals surface area (Å²) < 4.78 is 14.9. The molecule has 90 valence electrons. The molecule has 0 saturated heterocycles. The number of phosphoric acid groups is 1. The third-order valence-electron chi connectivity index (χ3n) is 2.35. The highest BCUT2D eigenvalue weighted by Crippen LogP contribution is 2.40. The third-order valence-corrected chi connectivity index (χ3v) is 2.87. The largest absolute Gasteiger partial charge is 0.469 e. The van der Waals surface area contributed by atoms with E-state index < -0.39 is 38.2 Å². The van der Waals surface area contributed by atoms with Crippen molar-refractivity contribution >= 4 is 7.82 Å². The average molecular weight is 242 g/mol. The molecule has 0 aromatic rings. The second kappa shape index (κ2) is 4.44. The van der Waals surface area contributed by atoms with Crippen LogP contribution in [0.2, 0.25) is 0 Å². The molecule has 1 fully saturated rings. The van der Waals surface area contributed by atoms with Crippen LogP contribution in [0.25, 0.3) is 0 Å². The van der Waals surface area contributed by atoms with Crippen LogP contribution in [0.15, 0.2) is 0 Å². The van der Waals surface area contributed by atoms with Crippen molar-refractivity contribution < 1.29 is 29.1 Å². The Morgan fingerprint density at radius 2 is 1.67 bits per heavy atom. The summed E-state index contributed by atoms with van der Waals surface area (Å²) in [5.41, 5.74) is 11.0. The maximum atomic E-state index is 10.6. The smallest absolute Gasteiger partial charge is 0.389 e. The van der Waals surface area contributed by atoms with Crippen LogP contribution in [-0.4, -0.2) is 50.4 Å². The molecule has 0 amide bonds. The molecule has 8 nitrogen and oxygen atoms in total. The minimum absolute atomic E-state index is 0.114. The first-order chi connectivity index (χ1) is 6.72. The van der Waals surface area contributed by atoms with Gasteiger partial charge in [-0.25, -0.2) is 4.57 Å². The van der Waals surface area contributed by atoms with E-state index in [1.54, 1.807) is 0 Å². The SMILES string of the molecule is NC1CC(N)C(OP(=O)(O)O)C(O)C1O. The highest BCUT2D eigenvalue weighted by atomic mass is 31.2. The van der Waals surface area contributed by atoms with Crippen molar-refractivity contribution in [2.75, 3.05) is 0 Å². The lowest BCUT2D eigenvalue weighted by Crippen LogP contribution is -2.61. The molecule has 0 aliphatic heterocycles. The minimum atomic E-state index is -4.75. The van der Waals surface area contributed by atoms with Gasteiger partial charge in [0, 0.05) is 12.1 Å². The molecule has 0 radical (unpaired) electrons. The van der Waals surface area contributed by atoms with E-state index in [9.17, 15) is 14.8 Å². The second-order valence-electron chi connectivity index (χ2n) is 3.61. The van der Waals surface area contributed by atoms with Gasteiger partial charge < -0.3 is 31.5 Å². The molecule has 0 spiro atoms. The quantitative estimate of drug-likeness (QED) is 0.284. The summed E-state index contributed by atoms with van der Waals surface area (Å²) in [5, 5.41) is 18.8. The molecule has 0 aromatic heterocycles. The molecule has 9 heteroatoms. The topological polar surface area (TPSA) is 159 Å². The molecule has 0 bridgehead atoms. The molecular formula is C6H15N2O6P. The fraction of sp³-hybridized carbons (Fsp3) is 1.00. The van der Waals surface area contributed by atoms with Crippen LogP contribution in [0.4, 0.5) is 0 Å². The summed E-state index contributed by atoms with van der Waals surface area (Å²) in [7, 11) is -4.75. The van der Waals surface area contributed by atoms with E-state index in [4.69, 9.17) is 21.3 Å². The van der Waals surface area contributed by atoms with E-state index in [0.29, 0.717) is 0 Å². The second-order valence-corrected chi connectivity index (χ2v) is 4.80. The van der Waals surface area contributed by atoms with E-state index in [0.717, 1.165) is 0 Å². The lowest BCUT2D eigenvalue weighted by molar-refractivity contribution is -0.0970. The van der Waals surface area contributed by atoms with E-state index >= 15 is 0 Å². The van der Waals surface area contributed by atoms with E-state index in [2.05, 4.69) is 4.52 Å². The molecule has 15 heavy (non-hydrogen) atoms. The fourth-order valence-electron chi connectivity index (χ4n) is 1.59. The third kappa shape index (κ3) is 3.20. The van der Waals surface area contributed by atoms with E-state index in [1.807, 2.05) is 0 Å².